The van der Waals surface area contributed by atoms with E-state index in [-0.39, 0.29) is 11.8 Å². The van der Waals surface area contributed by atoms with Gasteiger partial charge in [-0.3, -0.25) is 4.79 Å². The monoisotopic (exact) mass is 326 g/mol. The third-order valence-corrected chi connectivity index (χ3v) is 4.21. The van der Waals surface area contributed by atoms with Crippen molar-refractivity contribution < 1.29 is 9.53 Å². The third-order valence-electron chi connectivity index (χ3n) is 4.21. The molecule has 2 aromatic rings. The van der Waals surface area contributed by atoms with Crippen LogP contribution < -0.4 is 15.0 Å². The molecule has 1 aromatic carbocycles. The van der Waals surface area contributed by atoms with Crippen LogP contribution in [0.5, 0.6) is 5.75 Å². The summed E-state index contributed by atoms with van der Waals surface area (Å²) in [4.78, 5) is 23.4. The molecule has 6 heteroatoms. The number of hydrogen-bond acceptors (Lipinski definition) is 5. The number of carbonyl (C=O) groups excluding carboxylic acids is 1. The first kappa shape index (κ1) is 16.2. The van der Waals surface area contributed by atoms with E-state index in [1.807, 2.05) is 37.3 Å². The number of rotatable bonds is 4. The molecule has 2 heterocycles. The summed E-state index contributed by atoms with van der Waals surface area (Å²) >= 11 is 0. The van der Waals surface area contributed by atoms with Gasteiger partial charge in [-0.2, -0.15) is 0 Å². The molecule has 6 nitrogen and oxygen atoms in total. The van der Waals surface area contributed by atoms with Gasteiger partial charge in [0.05, 0.1) is 13.0 Å². The number of benzene rings is 1. The predicted molar refractivity (Wildman–Crippen MR) is 93.3 cm³/mol. The highest BCUT2D eigenvalue weighted by atomic mass is 16.5. The lowest BCUT2D eigenvalue weighted by molar-refractivity contribution is -0.120. The standard InChI is InChI=1S/C18H22N4O2/c1-13-9-10-19-18(20-13)22-11-3-4-14(12-22)17(23)21-15-5-7-16(24-2)8-6-15/h5-10,14H,3-4,11-12H2,1-2H3,(H,21,23)/t14-/m0/s1. The number of anilines is 2. The molecule has 1 aliphatic heterocycles. The molecule has 0 radical (unpaired) electrons. The van der Waals surface area contributed by atoms with Crippen molar-refractivity contribution in [1.29, 1.82) is 0 Å². The molecule has 1 aliphatic rings. The van der Waals surface area contributed by atoms with Gasteiger partial charge in [0.2, 0.25) is 11.9 Å². The minimum Gasteiger partial charge on any atom is -0.497 e. The van der Waals surface area contributed by atoms with Gasteiger partial charge >= 0.3 is 0 Å². The van der Waals surface area contributed by atoms with Crippen LogP contribution >= 0.6 is 0 Å². The average molecular weight is 326 g/mol. The Labute approximate surface area is 141 Å². The van der Waals surface area contributed by atoms with Crippen LogP contribution in [0.2, 0.25) is 0 Å². The maximum atomic E-state index is 12.6. The van der Waals surface area contributed by atoms with E-state index in [9.17, 15) is 4.79 Å². The van der Waals surface area contributed by atoms with Gasteiger partial charge in [0.1, 0.15) is 5.75 Å². The SMILES string of the molecule is COc1ccc(NC(=O)[C@H]2CCCN(c3nccc(C)n3)C2)cc1. The molecule has 1 atom stereocenters. The van der Waals surface area contributed by atoms with Crippen molar-refractivity contribution >= 4 is 17.5 Å². The molecular formula is C18H22N4O2. The summed E-state index contributed by atoms with van der Waals surface area (Å²) in [6.07, 6.45) is 3.60. The number of ether oxygens (including phenoxy) is 1. The number of hydrogen-bond donors (Lipinski definition) is 1. The van der Waals surface area contributed by atoms with Gasteiger partial charge in [-0.1, -0.05) is 0 Å². The zero-order chi connectivity index (χ0) is 16.9. The van der Waals surface area contributed by atoms with Gasteiger partial charge in [0, 0.05) is 30.7 Å². The number of carbonyl (C=O) groups is 1. The van der Waals surface area contributed by atoms with Crippen LogP contribution in [0.4, 0.5) is 11.6 Å². The number of aromatic nitrogens is 2. The van der Waals surface area contributed by atoms with Crippen molar-refractivity contribution in [3.63, 3.8) is 0 Å². The first-order chi connectivity index (χ1) is 11.7. The highest BCUT2D eigenvalue weighted by molar-refractivity contribution is 5.93. The first-order valence-corrected chi connectivity index (χ1v) is 8.15. The first-order valence-electron chi connectivity index (χ1n) is 8.15. The fourth-order valence-corrected chi connectivity index (χ4v) is 2.88. The minimum absolute atomic E-state index is 0.0394. The van der Waals surface area contributed by atoms with Crippen molar-refractivity contribution in [1.82, 2.24) is 9.97 Å². The molecule has 24 heavy (non-hydrogen) atoms. The largest absolute Gasteiger partial charge is 0.497 e. The van der Waals surface area contributed by atoms with Crippen molar-refractivity contribution in [2.45, 2.75) is 19.8 Å². The normalized spacial score (nSPS) is 17.4. The molecule has 1 saturated heterocycles. The Morgan fingerprint density at radius 2 is 2.08 bits per heavy atom. The number of nitrogens with one attached hydrogen (secondary N) is 1. The van der Waals surface area contributed by atoms with Crippen molar-refractivity contribution in [3.05, 3.63) is 42.2 Å². The molecule has 3 rings (SSSR count). The van der Waals surface area contributed by atoms with Crippen LogP contribution in [0.3, 0.4) is 0 Å². The van der Waals surface area contributed by atoms with E-state index in [0.29, 0.717) is 12.5 Å². The summed E-state index contributed by atoms with van der Waals surface area (Å²) in [6.45, 7) is 3.48. The lowest BCUT2D eigenvalue weighted by Crippen LogP contribution is -2.41. The molecular weight excluding hydrogens is 304 g/mol. The Kier molecular flexibility index (Phi) is 4.93. The number of aryl methyl sites for hydroxylation is 1. The predicted octanol–water partition coefficient (Wildman–Crippen LogP) is 2.65. The highest BCUT2D eigenvalue weighted by Gasteiger charge is 2.27. The molecule has 0 bridgehead atoms. The Hall–Kier alpha value is -2.63. The van der Waals surface area contributed by atoms with Crippen LogP contribution in [0, 0.1) is 12.8 Å². The fourth-order valence-electron chi connectivity index (χ4n) is 2.88. The summed E-state index contributed by atoms with van der Waals surface area (Å²) in [5.74, 6) is 1.45. The summed E-state index contributed by atoms with van der Waals surface area (Å²) in [6, 6.07) is 9.25. The summed E-state index contributed by atoms with van der Waals surface area (Å²) in [5, 5.41) is 2.98. The Balaban J connectivity index is 1.64. The van der Waals surface area contributed by atoms with Gasteiger partial charge in [-0.15, -0.1) is 0 Å². The van der Waals surface area contributed by atoms with Crippen LogP contribution in [0.15, 0.2) is 36.5 Å². The Morgan fingerprint density at radius 3 is 2.79 bits per heavy atom. The van der Waals surface area contributed by atoms with Gasteiger partial charge in [0.15, 0.2) is 0 Å². The molecule has 0 saturated carbocycles. The van der Waals surface area contributed by atoms with Crippen LogP contribution in [0.1, 0.15) is 18.5 Å². The lowest BCUT2D eigenvalue weighted by Gasteiger charge is -2.32. The summed E-state index contributed by atoms with van der Waals surface area (Å²) in [5.41, 5.74) is 1.72. The fraction of sp³-hybridized carbons (Fsp3) is 0.389. The average Bonchev–Trinajstić information content (AvgIpc) is 2.62. The van der Waals surface area contributed by atoms with Crippen molar-refractivity contribution in [3.8, 4) is 5.75 Å². The topological polar surface area (TPSA) is 67.3 Å². The molecule has 1 aromatic heterocycles. The van der Waals surface area contributed by atoms with Gasteiger partial charge < -0.3 is 15.0 Å². The summed E-state index contributed by atoms with van der Waals surface area (Å²) < 4.78 is 5.13. The highest BCUT2D eigenvalue weighted by Crippen LogP contribution is 2.22. The van der Waals surface area contributed by atoms with E-state index in [2.05, 4.69) is 20.2 Å². The molecule has 1 fully saturated rings. The van der Waals surface area contributed by atoms with Gasteiger partial charge in [0.25, 0.3) is 0 Å². The maximum Gasteiger partial charge on any atom is 0.229 e. The zero-order valence-electron chi connectivity index (χ0n) is 14.0. The number of methoxy groups -OCH3 is 1. The zero-order valence-corrected chi connectivity index (χ0v) is 14.0. The summed E-state index contributed by atoms with van der Waals surface area (Å²) in [7, 11) is 1.62. The number of amides is 1. The van der Waals surface area contributed by atoms with Crippen molar-refractivity contribution in [2.75, 3.05) is 30.4 Å². The minimum atomic E-state index is -0.0648. The van der Waals surface area contributed by atoms with Gasteiger partial charge in [-0.05, 0) is 50.1 Å². The lowest BCUT2D eigenvalue weighted by atomic mass is 9.97. The second-order valence-electron chi connectivity index (χ2n) is 6.00. The Morgan fingerprint density at radius 1 is 1.29 bits per heavy atom. The molecule has 0 spiro atoms. The van der Waals surface area contributed by atoms with E-state index >= 15 is 0 Å². The molecule has 1 amide bonds. The quantitative estimate of drug-likeness (QED) is 0.935. The smallest absolute Gasteiger partial charge is 0.229 e. The van der Waals surface area contributed by atoms with Crippen LogP contribution in [-0.2, 0) is 4.79 Å². The van der Waals surface area contributed by atoms with E-state index in [4.69, 9.17) is 4.74 Å². The van der Waals surface area contributed by atoms with Crippen LogP contribution in [-0.4, -0.2) is 36.1 Å². The molecule has 0 unspecified atom stereocenters. The van der Waals surface area contributed by atoms with Crippen LogP contribution in [0.25, 0.3) is 0 Å². The van der Waals surface area contributed by atoms with E-state index < -0.39 is 0 Å². The van der Waals surface area contributed by atoms with Gasteiger partial charge in [-0.25, -0.2) is 9.97 Å². The molecule has 126 valence electrons. The molecule has 0 aliphatic carbocycles. The van der Waals surface area contributed by atoms with E-state index in [0.717, 1.165) is 36.5 Å². The number of nitrogens with zero attached hydrogens (tertiary/aromatic N) is 3. The maximum absolute atomic E-state index is 12.6. The molecule has 1 N–H and O–H groups in total. The van der Waals surface area contributed by atoms with Crippen molar-refractivity contribution in [2.24, 2.45) is 5.92 Å². The van der Waals surface area contributed by atoms with E-state index in [1.54, 1.807) is 13.3 Å². The third kappa shape index (κ3) is 3.82. The second kappa shape index (κ2) is 7.29. The van der Waals surface area contributed by atoms with E-state index in [1.165, 1.54) is 0 Å². The Bertz CT molecular complexity index is 702. The number of piperidine rings is 1. The second-order valence-corrected chi connectivity index (χ2v) is 6.00.